The highest BCUT2D eigenvalue weighted by Gasteiger charge is 2.18. The predicted molar refractivity (Wildman–Crippen MR) is 109 cm³/mol. The molecule has 0 bridgehead atoms. The molecule has 0 fully saturated rings. The Bertz CT molecular complexity index is 930. The Labute approximate surface area is 165 Å². The van der Waals surface area contributed by atoms with Crippen LogP contribution in [0.15, 0.2) is 71.3 Å². The monoisotopic (exact) mass is 375 g/mol. The average Bonchev–Trinajstić information content (AvgIpc) is 3.21. The Balaban J connectivity index is 1.68. The van der Waals surface area contributed by atoms with Gasteiger partial charge < -0.3 is 9.32 Å². The Morgan fingerprint density at radius 2 is 1.68 bits per heavy atom. The lowest BCUT2D eigenvalue weighted by Crippen LogP contribution is -2.30. The molecule has 0 aliphatic carbocycles. The highest BCUT2D eigenvalue weighted by molar-refractivity contribution is 5.99. The van der Waals surface area contributed by atoms with E-state index < -0.39 is 0 Å². The first-order valence-corrected chi connectivity index (χ1v) is 9.47. The largest absolute Gasteiger partial charge is 0.467 e. The first-order chi connectivity index (χ1) is 13.5. The van der Waals surface area contributed by atoms with E-state index in [1.54, 1.807) is 11.2 Å². The molecule has 0 unspecified atom stereocenters. The maximum atomic E-state index is 12.9. The van der Waals surface area contributed by atoms with E-state index in [0.717, 1.165) is 22.5 Å². The third kappa shape index (κ3) is 5.19. The van der Waals surface area contributed by atoms with Crippen molar-refractivity contribution in [2.24, 2.45) is 0 Å². The molecule has 2 aromatic carbocycles. The lowest BCUT2D eigenvalue weighted by Gasteiger charge is -2.22. The van der Waals surface area contributed by atoms with Crippen LogP contribution >= 0.6 is 0 Å². The molecule has 4 nitrogen and oxygen atoms in total. The van der Waals surface area contributed by atoms with Gasteiger partial charge in [0.25, 0.3) is 0 Å². The number of ketones is 1. The van der Waals surface area contributed by atoms with Crippen molar-refractivity contribution < 1.29 is 14.0 Å². The van der Waals surface area contributed by atoms with Crippen LogP contribution in [0, 0.1) is 13.8 Å². The second kappa shape index (κ2) is 9.18. The molecule has 0 aliphatic heterocycles. The van der Waals surface area contributed by atoms with Gasteiger partial charge in [0, 0.05) is 24.9 Å². The summed E-state index contributed by atoms with van der Waals surface area (Å²) in [7, 11) is 0. The van der Waals surface area contributed by atoms with Crippen LogP contribution in [0.3, 0.4) is 0 Å². The number of furan rings is 1. The topological polar surface area (TPSA) is 50.5 Å². The number of benzene rings is 2. The minimum Gasteiger partial charge on any atom is -0.467 e. The zero-order valence-electron chi connectivity index (χ0n) is 16.4. The Morgan fingerprint density at radius 3 is 2.39 bits per heavy atom. The van der Waals surface area contributed by atoms with Crippen LogP contribution in [0.5, 0.6) is 0 Å². The zero-order chi connectivity index (χ0) is 19.9. The second-order valence-corrected chi connectivity index (χ2v) is 7.06. The van der Waals surface area contributed by atoms with Crippen molar-refractivity contribution in [3.8, 4) is 0 Å². The van der Waals surface area contributed by atoms with Crippen molar-refractivity contribution in [3.05, 3.63) is 94.9 Å². The lowest BCUT2D eigenvalue weighted by molar-refractivity contribution is -0.132. The number of aryl methyl sites for hydroxylation is 2. The zero-order valence-corrected chi connectivity index (χ0v) is 16.4. The summed E-state index contributed by atoms with van der Waals surface area (Å²) >= 11 is 0. The SMILES string of the molecule is Cc1ccc(C)c(C(=O)CCC(=O)N(Cc2ccccc2)Cc2ccco2)c1. The normalized spacial score (nSPS) is 10.6. The first-order valence-electron chi connectivity index (χ1n) is 9.47. The van der Waals surface area contributed by atoms with Crippen molar-refractivity contribution in [1.82, 2.24) is 4.90 Å². The minimum absolute atomic E-state index is 0.00668. The van der Waals surface area contributed by atoms with Crippen LogP contribution < -0.4 is 0 Å². The molecular formula is C24H25NO3. The van der Waals surface area contributed by atoms with Crippen LogP contribution in [0.2, 0.25) is 0 Å². The number of Topliss-reactive ketones (excluding diaryl/α,β-unsaturated/α-hetero) is 1. The summed E-state index contributed by atoms with van der Waals surface area (Å²) in [5, 5.41) is 0. The summed E-state index contributed by atoms with van der Waals surface area (Å²) in [6.07, 6.45) is 1.98. The second-order valence-electron chi connectivity index (χ2n) is 7.06. The fraction of sp³-hybridized carbons (Fsp3) is 0.250. The van der Waals surface area contributed by atoms with Gasteiger partial charge in [0.1, 0.15) is 5.76 Å². The van der Waals surface area contributed by atoms with Crippen molar-refractivity contribution >= 4 is 11.7 Å². The molecule has 0 spiro atoms. The maximum Gasteiger partial charge on any atom is 0.223 e. The quantitative estimate of drug-likeness (QED) is 0.515. The molecule has 1 aromatic heterocycles. The Hall–Kier alpha value is -3.14. The van der Waals surface area contributed by atoms with E-state index in [0.29, 0.717) is 18.7 Å². The van der Waals surface area contributed by atoms with E-state index in [-0.39, 0.29) is 24.5 Å². The van der Waals surface area contributed by atoms with E-state index >= 15 is 0 Å². The number of amides is 1. The van der Waals surface area contributed by atoms with Gasteiger partial charge in [0.15, 0.2) is 5.78 Å². The first kappa shape index (κ1) is 19.6. The number of hydrogen-bond acceptors (Lipinski definition) is 3. The van der Waals surface area contributed by atoms with E-state index in [4.69, 9.17) is 4.42 Å². The molecule has 3 aromatic rings. The molecule has 28 heavy (non-hydrogen) atoms. The predicted octanol–water partition coefficient (Wildman–Crippen LogP) is 5.09. The summed E-state index contributed by atoms with van der Waals surface area (Å²) < 4.78 is 5.41. The number of nitrogens with zero attached hydrogens (tertiary/aromatic N) is 1. The van der Waals surface area contributed by atoms with Crippen LogP contribution in [0.25, 0.3) is 0 Å². The number of rotatable bonds is 8. The van der Waals surface area contributed by atoms with Crippen LogP contribution in [-0.2, 0) is 17.9 Å². The average molecular weight is 375 g/mol. The van der Waals surface area contributed by atoms with Gasteiger partial charge in [0.05, 0.1) is 12.8 Å². The molecule has 0 radical (unpaired) electrons. The highest BCUT2D eigenvalue weighted by atomic mass is 16.3. The van der Waals surface area contributed by atoms with Gasteiger partial charge in [-0.3, -0.25) is 9.59 Å². The molecule has 4 heteroatoms. The molecule has 3 rings (SSSR count). The Kier molecular flexibility index (Phi) is 6.43. The fourth-order valence-electron chi connectivity index (χ4n) is 3.18. The molecular weight excluding hydrogens is 350 g/mol. The molecule has 1 amide bonds. The van der Waals surface area contributed by atoms with Crippen LogP contribution in [-0.4, -0.2) is 16.6 Å². The molecule has 1 heterocycles. The highest BCUT2D eigenvalue weighted by Crippen LogP contribution is 2.16. The van der Waals surface area contributed by atoms with Gasteiger partial charge in [-0.15, -0.1) is 0 Å². The van der Waals surface area contributed by atoms with Crippen molar-refractivity contribution in [3.63, 3.8) is 0 Å². The fourth-order valence-corrected chi connectivity index (χ4v) is 3.18. The smallest absolute Gasteiger partial charge is 0.223 e. The van der Waals surface area contributed by atoms with Crippen molar-refractivity contribution in [1.29, 1.82) is 0 Å². The lowest BCUT2D eigenvalue weighted by atomic mass is 9.99. The number of carbonyl (C=O) groups excluding carboxylic acids is 2. The van der Waals surface area contributed by atoms with Gasteiger partial charge in [0.2, 0.25) is 5.91 Å². The molecule has 0 saturated carbocycles. The molecule has 144 valence electrons. The third-order valence-electron chi connectivity index (χ3n) is 4.76. The summed E-state index contributed by atoms with van der Waals surface area (Å²) in [6, 6.07) is 19.3. The standard InChI is InChI=1S/C24H25NO3/c1-18-10-11-19(2)22(15-18)23(26)12-13-24(27)25(17-21-9-6-14-28-21)16-20-7-4-3-5-8-20/h3-11,14-15H,12-13,16-17H2,1-2H3. The van der Waals surface area contributed by atoms with Gasteiger partial charge in [-0.2, -0.15) is 0 Å². The third-order valence-corrected chi connectivity index (χ3v) is 4.76. The molecule has 0 N–H and O–H groups in total. The van der Waals surface area contributed by atoms with E-state index in [9.17, 15) is 9.59 Å². The number of hydrogen-bond donors (Lipinski definition) is 0. The minimum atomic E-state index is -0.0566. The summed E-state index contributed by atoms with van der Waals surface area (Å²) in [5.74, 6) is 0.677. The number of carbonyl (C=O) groups is 2. The summed E-state index contributed by atoms with van der Waals surface area (Å²) in [5.41, 5.74) is 3.74. The van der Waals surface area contributed by atoms with Crippen molar-refractivity contribution in [2.45, 2.75) is 39.8 Å². The van der Waals surface area contributed by atoms with E-state index in [1.165, 1.54) is 0 Å². The summed E-state index contributed by atoms with van der Waals surface area (Å²) in [4.78, 5) is 27.3. The van der Waals surface area contributed by atoms with Crippen molar-refractivity contribution in [2.75, 3.05) is 0 Å². The van der Waals surface area contributed by atoms with Crippen LogP contribution in [0.4, 0.5) is 0 Å². The summed E-state index contributed by atoms with van der Waals surface area (Å²) in [6.45, 7) is 4.76. The van der Waals surface area contributed by atoms with Gasteiger partial charge >= 0.3 is 0 Å². The van der Waals surface area contributed by atoms with Gasteiger partial charge in [-0.05, 0) is 43.2 Å². The van der Waals surface area contributed by atoms with Crippen LogP contribution in [0.1, 0.15) is 45.7 Å². The Morgan fingerprint density at radius 1 is 0.893 bits per heavy atom. The molecule has 0 atom stereocenters. The maximum absolute atomic E-state index is 12.9. The van der Waals surface area contributed by atoms with Gasteiger partial charge in [-0.25, -0.2) is 0 Å². The van der Waals surface area contributed by atoms with E-state index in [1.807, 2.05) is 74.5 Å². The van der Waals surface area contributed by atoms with E-state index in [2.05, 4.69) is 0 Å². The molecule has 0 aliphatic rings. The molecule has 0 saturated heterocycles. The van der Waals surface area contributed by atoms with Gasteiger partial charge in [-0.1, -0.05) is 48.0 Å².